The summed E-state index contributed by atoms with van der Waals surface area (Å²) in [5.74, 6) is 1.47. The highest BCUT2D eigenvalue weighted by Crippen LogP contribution is 2.52. The second-order valence-electron chi connectivity index (χ2n) is 9.11. The first-order chi connectivity index (χ1) is 15.3. The molecular weight excluding hydrogens is 388 g/mol. The van der Waals surface area contributed by atoms with E-state index in [-0.39, 0.29) is 5.54 Å². The second kappa shape index (κ2) is 6.17. The first-order valence-electron chi connectivity index (χ1n) is 11.1. The quantitative estimate of drug-likeness (QED) is 0.538. The minimum Gasteiger partial charge on any atom is -0.494 e. The van der Waals surface area contributed by atoms with Gasteiger partial charge in [-0.25, -0.2) is 4.98 Å². The number of aromatic nitrogens is 5. The molecule has 1 aromatic carbocycles. The Morgan fingerprint density at radius 2 is 2.19 bits per heavy atom. The number of aromatic amines is 1. The van der Waals surface area contributed by atoms with Crippen LogP contribution in [0.25, 0.3) is 33.5 Å². The number of methoxy groups -OCH3 is 1. The van der Waals surface area contributed by atoms with Crippen molar-refractivity contribution >= 4 is 11.0 Å². The van der Waals surface area contributed by atoms with E-state index in [0.29, 0.717) is 5.92 Å². The molecule has 0 spiro atoms. The third-order valence-corrected chi connectivity index (χ3v) is 7.45. The summed E-state index contributed by atoms with van der Waals surface area (Å²) in [6.07, 6.45) is 8.70. The van der Waals surface area contributed by atoms with Crippen molar-refractivity contribution < 1.29 is 4.74 Å². The first kappa shape index (κ1) is 17.5. The van der Waals surface area contributed by atoms with Gasteiger partial charge in [0.25, 0.3) is 0 Å². The van der Waals surface area contributed by atoms with Crippen LogP contribution in [0, 0.1) is 5.92 Å². The zero-order valence-corrected chi connectivity index (χ0v) is 17.5. The van der Waals surface area contributed by atoms with Crippen molar-refractivity contribution in [3.05, 3.63) is 47.8 Å². The van der Waals surface area contributed by atoms with Gasteiger partial charge in [-0.2, -0.15) is 10.2 Å². The van der Waals surface area contributed by atoms with Crippen LogP contribution in [0.3, 0.4) is 0 Å². The molecular formula is C24H24N6O. The van der Waals surface area contributed by atoms with E-state index in [4.69, 9.17) is 14.8 Å². The molecule has 4 aromatic rings. The van der Waals surface area contributed by atoms with Gasteiger partial charge in [0.05, 0.1) is 24.4 Å². The molecule has 7 nitrogen and oxygen atoms in total. The Morgan fingerprint density at radius 3 is 3.03 bits per heavy atom. The molecule has 156 valence electrons. The normalized spacial score (nSPS) is 23.8. The van der Waals surface area contributed by atoms with E-state index in [2.05, 4.69) is 44.6 Å². The Hall–Kier alpha value is -3.19. The highest BCUT2D eigenvalue weighted by Gasteiger charge is 2.59. The average molecular weight is 412 g/mol. The zero-order chi connectivity index (χ0) is 20.6. The van der Waals surface area contributed by atoms with Crippen molar-refractivity contribution in [3.63, 3.8) is 0 Å². The van der Waals surface area contributed by atoms with Gasteiger partial charge in [-0.15, -0.1) is 0 Å². The van der Waals surface area contributed by atoms with E-state index in [1.165, 1.54) is 29.5 Å². The van der Waals surface area contributed by atoms with E-state index >= 15 is 0 Å². The Bertz CT molecular complexity index is 1340. The summed E-state index contributed by atoms with van der Waals surface area (Å²) in [6, 6.07) is 8.55. The van der Waals surface area contributed by atoms with E-state index < -0.39 is 0 Å². The van der Waals surface area contributed by atoms with Gasteiger partial charge in [0.1, 0.15) is 22.7 Å². The van der Waals surface area contributed by atoms with Crippen molar-refractivity contribution in [2.75, 3.05) is 20.2 Å². The van der Waals surface area contributed by atoms with E-state index in [1.54, 1.807) is 7.11 Å². The average Bonchev–Trinajstić information content (AvgIpc) is 3.38. The molecule has 3 aliphatic rings. The minimum atomic E-state index is 0.163. The Balaban J connectivity index is 1.37. The molecule has 0 amide bonds. The maximum atomic E-state index is 5.74. The lowest BCUT2D eigenvalue weighted by molar-refractivity contribution is 0.415. The van der Waals surface area contributed by atoms with Gasteiger partial charge in [-0.05, 0) is 36.8 Å². The predicted molar refractivity (Wildman–Crippen MR) is 118 cm³/mol. The third kappa shape index (κ3) is 2.41. The fourth-order valence-corrected chi connectivity index (χ4v) is 5.68. The summed E-state index contributed by atoms with van der Waals surface area (Å²) in [7, 11) is 1.71. The molecule has 2 N–H and O–H groups in total. The number of rotatable bonds is 4. The largest absolute Gasteiger partial charge is 0.494 e. The number of pyridine rings is 1. The highest BCUT2D eigenvalue weighted by atomic mass is 16.5. The van der Waals surface area contributed by atoms with Crippen molar-refractivity contribution in [2.45, 2.75) is 31.2 Å². The van der Waals surface area contributed by atoms with Crippen LogP contribution in [0.5, 0.6) is 5.75 Å². The number of nitrogens with one attached hydrogen (secondary N) is 2. The standard InChI is InChI=1S/C24H24N6O/c1-31-20-8-19-23(27-22(20)18-7-3-5-14-4-2-6-17(14)18)21(29-28-19)15-10-26-30(12-15)24-9-16(24)11-25-13-24/h3,5,7-8,10,12,16,25H,2,4,6,9,11,13H2,1H3,(H,28,29). The van der Waals surface area contributed by atoms with Crippen LogP contribution < -0.4 is 10.1 Å². The molecule has 7 rings (SSSR count). The molecule has 2 atom stereocenters. The van der Waals surface area contributed by atoms with Crippen molar-refractivity contribution in [1.82, 2.24) is 30.3 Å². The summed E-state index contributed by atoms with van der Waals surface area (Å²) in [5, 5.41) is 16.0. The lowest BCUT2D eigenvalue weighted by atomic mass is 9.99. The number of hydrogen-bond acceptors (Lipinski definition) is 5. The number of piperidine rings is 1. The van der Waals surface area contributed by atoms with Crippen molar-refractivity contribution in [2.24, 2.45) is 5.92 Å². The van der Waals surface area contributed by atoms with Crippen LogP contribution in [0.1, 0.15) is 24.0 Å². The second-order valence-corrected chi connectivity index (χ2v) is 9.11. The summed E-state index contributed by atoms with van der Waals surface area (Å²) in [6.45, 7) is 2.09. The molecule has 2 fully saturated rings. The number of ether oxygens (including phenoxy) is 1. The van der Waals surface area contributed by atoms with E-state index in [9.17, 15) is 0 Å². The molecule has 4 heterocycles. The van der Waals surface area contributed by atoms with Gasteiger partial charge in [0, 0.05) is 42.4 Å². The van der Waals surface area contributed by atoms with Crippen LogP contribution in [-0.2, 0) is 18.4 Å². The summed E-state index contributed by atoms with van der Waals surface area (Å²) >= 11 is 0. The molecule has 7 heteroatoms. The zero-order valence-electron chi connectivity index (χ0n) is 17.5. The molecule has 0 bridgehead atoms. The van der Waals surface area contributed by atoms with Crippen LogP contribution >= 0.6 is 0 Å². The Kier molecular flexibility index (Phi) is 3.48. The Labute approximate surface area is 179 Å². The van der Waals surface area contributed by atoms with Crippen LogP contribution in [0.15, 0.2) is 36.7 Å². The molecule has 31 heavy (non-hydrogen) atoms. The van der Waals surface area contributed by atoms with Crippen molar-refractivity contribution in [1.29, 1.82) is 0 Å². The SMILES string of the molecule is COc1cc2[nH]nc(-c3cnn(C45CNCC4C5)c3)c2nc1-c1cccc2c1CCC2. The van der Waals surface area contributed by atoms with Gasteiger partial charge < -0.3 is 10.1 Å². The topological polar surface area (TPSA) is 80.6 Å². The van der Waals surface area contributed by atoms with Crippen LogP contribution in [-0.4, -0.2) is 45.2 Å². The summed E-state index contributed by atoms with van der Waals surface area (Å²) in [5.41, 5.74) is 8.64. The van der Waals surface area contributed by atoms with Gasteiger partial charge in [0.2, 0.25) is 0 Å². The Morgan fingerprint density at radius 1 is 1.23 bits per heavy atom. The maximum Gasteiger partial charge on any atom is 0.147 e. The molecule has 1 aliphatic heterocycles. The maximum absolute atomic E-state index is 5.74. The van der Waals surface area contributed by atoms with E-state index in [1.807, 2.05) is 12.3 Å². The number of hydrogen-bond donors (Lipinski definition) is 2. The van der Waals surface area contributed by atoms with Gasteiger partial charge in [-0.1, -0.05) is 18.2 Å². The van der Waals surface area contributed by atoms with Crippen LogP contribution in [0.2, 0.25) is 0 Å². The summed E-state index contributed by atoms with van der Waals surface area (Å²) in [4.78, 5) is 5.10. The van der Waals surface area contributed by atoms with E-state index in [0.717, 1.165) is 59.7 Å². The molecule has 3 aromatic heterocycles. The molecule has 2 aliphatic carbocycles. The summed E-state index contributed by atoms with van der Waals surface area (Å²) < 4.78 is 7.88. The number of H-pyrrole nitrogens is 1. The van der Waals surface area contributed by atoms with Crippen LogP contribution in [0.4, 0.5) is 0 Å². The molecule has 2 unspecified atom stereocenters. The van der Waals surface area contributed by atoms with Gasteiger partial charge >= 0.3 is 0 Å². The smallest absolute Gasteiger partial charge is 0.147 e. The molecule has 1 saturated carbocycles. The third-order valence-electron chi connectivity index (χ3n) is 7.45. The molecule has 0 radical (unpaired) electrons. The monoisotopic (exact) mass is 412 g/mol. The van der Waals surface area contributed by atoms with Crippen molar-refractivity contribution in [3.8, 4) is 28.3 Å². The van der Waals surface area contributed by atoms with Gasteiger partial charge in [0.15, 0.2) is 0 Å². The lowest BCUT2D eigenvalue weighted by Crippen LogP contribution is -2.25. The molecule has 1 saturated heterocycles. The first-order valence-corrected chi connectivity index (χ1v) is 11.1. The predicted octanol–water partition coefficient (Wildman–Crippen LogP) is 3.30. The number of aryl methyl sites for hydroxylation is 1. The minimum absolute atomic E-state index is 0.163. The number of nitrogens with zero attached hydrogens (tertiary/aromatic N) is 4. The lowest BCUT2D eigenvalue weighted by Gasteiger charge is -2.12. The van der Waals surface area contributed by atoms with Gasteiger partial charge in [-0.3, -0.25) is 9.78 Å². The highest BCUT2D eigenvalue weighted by molar-refractivity contribution is 5.92. The fraction of sp³-hybridized carbons (Fsp3) is 0.375. The number of benzene rings is 1. The fourth-order valence-electron chi connectivity index (χ4n) is 5.68. The number of fused-ring (bicyclic) bond motifs is 3.